The predicted octanol–water partition coefficient (Wildman–Crippen LogP) is 3.19. The fraction of sp³-hybridized carbons (Fsp3) is 0.125. The number of rotatable bonds is 4. The van der Waals surface area contributed by atoms with Crippen LogP contribution in [0.2, 0.25) is 0 Å². The molecule has 23 heavy (non-hydrogen) atoms. The smallest absolute Gasteiger partial charge is 0.377 e. The summed E-state index contributed by atoms with van der Waals surface area (Å²) in [7, 11) is 0. The van der Waals surface area contributed by atoms with Gasteiger partial charge in [0.25, 0.3) is 6.29 Å². The number of halogens is 1. The quantitative estimate of drug-likeness (QED) is 0.866. The summed E-state index contributed by atoms with van der Waals surface area (Å²) in [4.78, 5) is 23.6. The number of hydrogen-bond donors (Lipinski definition) is 1. The van der Waals surface area contributed by atoms with E-state index in [-0.39, 0.29) is 16.5 Å². The third kappa shape index (κ3) is 3.22. The zero-order chi connectivity index (χ0) is 16.4. The predicted molar refractivity (Wildman–Crippen MR) is 81.7 cm³/mol. The lowest BCUT2D eigenvalue weighted by atomic mass is 10.2. The van der Waals surface area contributed by atoms with Crippen molar-refractivity contribution in [2.24, 2.45) is 0 Å². The Balaban J connectivity index is 1.78. The number of benzene rings is 1. The Hall–Kier alpha value is -2.73. The Bertz CT molecular complexity index is 764. The molecule has 0 aliphatic carbocycles. The van der Waals surface area contributed by atoms with Crippen molar-refractivity contribution in [3.05, 3.63) is 64.7 Å². The second-order valence-corrected chi connectivity index (χ2v) is 5.22. The van der Waals surface area contributed by atoms with Crippen LogP contribution >= 0.6 is 11.6 Å². The molecule has 0 radical (unpaired) electrons. The van der Waals surface area contributed by atoms with E-state index in [0.717, 1.165) is 5.56 Å². The first kappa shape index (κ1) is 15.2. The Labute approximate surface area is 136 Å². The Kier molecular flexibility index (Phi) is 4.08. The van der Waals surface area contributed by atoms with E-state index in [1.807, 2.05) is 19.1 Å². The topological polar surface area (TPSA) is 77.8 Å². The number of hydrogen-bond acceptors (Lipinski definition) is 6. The van der Waals surface area contributed by atoms with Gasteiger partial charge in [-0.2, -0.15) is 0 Å². The summed E-state index contributed by atoms with van der Waals surface area (Å²) in [6.45, 7) is 1.95. The highest BCUT2D eigenvalue weighted by Crippen LogP contribution is 2.28. The highest BCUT2D eigenvalue weighted by atomic mass is 35.5. The molecule has 6 nitrogen and oxygen atoms in total. The van der Waals surface area contributed by atoms with Crippen LogP contribution in [0.15, 0.2) is 57.8 Å². The number of esters is 2. The van der Waals surface area contributed by atoms with Gasteiger partial charge < -0.3 is 19.2 Å². The summed E-state index contributed by atoms with van der Waals surface area (Å²) in [6, 6.07) is 10.4. The minimum Gasteiger partial charge on any atom is -0.457 e. The van der Waals surface area contributed by atoms with E-state index in [9.17, 15) is 9.59 Å². The Morgan fingerprint density at radius 3 is 2.65 bits per heavy atom. The van der Waals surface area contributed by atoms with Crippen molar-refractivity contribution in [1.29, 1.82) is 0 Å². The number of nitrogens with one attached hydrogen (secondary N) is 1. The lowest BCUT2D eigenvalue weighted by Gasteiger charge is -2.15. The van der Waals surface area contributed by atoms with Crippen LogP contribution in [-0.2, 0) is 14.3 Å². The molecule has 118 valence electrons. The number of carbonyl (C=O) groups excluding carboxylic acids is 2. The van der Waals surface area contributed by atoms with Crippen molar-refractivity contribution >= 4 is 29.2 Å². The van der Waals surface area contributed by atoms with Gasteiger partial charge in [0.05, 0.1) is 6.26 Å². The van der Waals surface area contributed by atoms with Gasteiger partial charge in [0, 0.05) is 5.69 Å². The molecule has 0 unspecified atom stereocenters. The molecule has 1 aliphatic rings. The van der Waals surface area contributed by atoms with Crippen LogP contribution in [-0.4, -0.2) is 18.2 Å². The maximum Gasteiger partial charge on any atom is 0.377 e. The van der Waals surface area contributed by atoms with Crippen LogP contribution in [0.5, 0.6) is 0 Å². The minimum absolute atomic E-state index is 0.00115. The molecule has 1 N–H and O–H groups in total. The molecule has 0 spiro atoms. The van der Waals surface area contributed by atoms with Gasteiger partial charge in [-0.15, -0.1) is 0 Å². The Morgan fingerprint density at radius 1 is 1.26 bits per heavy atom. The summed E-state index contributed by atoms with van der Waals surface area (Å²) >= 11 is 5.94. The van der Waals surface area contributed by atoms with Crippen LogP contribution in [0.4, 0.5) is 5.69 Å². The summed E-state index contributed by atoms with van der Waals surface area (Å²) in [5.41, 5.74) is 1.93. The number of cyclic esters (lactones) is 1. The monoisotopic (exact) mass is 333 g/mol. The Morgan fingerprint density at radius 2 is 2.00 bits per heavy atom. The molecule has 1 aromatic heterocycles. The maximum absolute atomic E-state index is 11.9. The largest absolute Gasteiger partial charge is 0.457 e. The molecule has 1 aromatic carbocycles. The molecular formula is C16H12ClNO5. The first-order chi connectivity index (χ1) is 11.0. The fourth-order valence-electron chi connectivity index (χ4n) is 1.96. The van der Waals surface area contributed by atoms with Gasteiger partial charge in [0.1, 0.15) is 5.70 Å². The first-order valence-corrected chi connectivity index (χ1v) is 7.11. The number of aryl methyl sites for hydroxylation is 1. The molecule has 0 amide bonds. The third-order valence-electron chi connectivity index (χ3n) is 3.13. The molecule has 0 fully saturated rings. The number of furan rings is 1. The van der Waals surface area contributed by atoms with Gasteiger partial charge in [0.15, 0.2) is 5.03 Å². The van der Waals surface area contributed by atoms with E-state index in [1.165, 1.54) is 12.3 Å². The summed E-state index contributed by atoms with van der Waals surface area (Å²) in [6.07, 6.45) is 0.0832. The van der Waals surface area contributed by atoms with E-state index >= 15 is 0 Å². The van der Waals surface area contributed by atoms with Crippen molar-refractivity contribution in [2.45, 2.75) is 13.2 Å². The van der Waals surface area contributed by atoms with E-state index in [0.29, 0.717) is 5.69 Å². The molecule has 1 aliphatic heterocycles. The number of carbonyl (C=O) groups is 2. The second kappa shape index (κ2) is 6.18. The third-order valence-corrected chi connectivity index (χ3v) is 3.49. The van der Waals surface area contributed by atoms with Crippen LogP contribution in [0.1, 0.15) is 16.1 Å². The highest BCUT2D eigenvalue weighted by molar-refractivity contribution is 6.42. The molecule has 0 bridgehead atoms. The molecule has 0 saturated heterocycles. The van der Waals surface area contributed by atoms with Crippen molar-refractivity contribution in [3.8, 4) is 0 Å². The average molecular weight is 334 g/mol. The standard InChI is InChI=1S/C16H12ClNO5/c1-9-4-6-10(7-5-9)18-13-12(17)15(20)23-16(13)22-14(19)11-3-2-8-21-11/h2-8,16,18H,1H3/t16-/m1/s1. The average Bonchev–Trinajstić information content (AvgIpc) is 3.14. The summed E-state index contributed by atoms with van der Waals surface area (Å²) in [5.74, 6) is -1.53. The van der Waals surface area contributed by atoms with Gasteiger partial charge in [-0.1, -0.05) is 29.3 Å². The summed E-state index contributed by atoms with van der Waals surface area (Å²) in [5, 5.41) is 2.78. The van der Waals surface area contributed by atoms with Gasteiger partial charge in [-0.05, 0) is 31.2 Å². The second-order valence-electron chi connectivity index (χ2n) is 4.84. The lowest BCUT2D eigenvalue weighted by molar-refractivity contribution is -0.152. The maximum atomic E-state index is 11.9. The van der Waals surface area contributed by atoms with Gasteiger partial charge in [0.2, 0.25) is 5.76 Å². The molecular weight excluding hydrogens is 322 g/mol. The van der Waals surface area contributed by atoms with Gasteiger partial charge in [-0.3, -0.25) is 0 Å². The SMILES string of the molecule is Cc1ccc(NC2=C(Cl)C(=O)O[C@H]2OC(=O)c2ccco2)cc1. The molecule has 1 atom stereocenters. The van der Waals surface area contributed by atoms with E-state index in [1.54, 1.807) is 18.2 Å². The summed E-state index contributed by atoms with van der Waals surface area (Å²) < 4.78 is 15.0. The normalized spacial score (nSPS) is 17.1. The van der Waals surface area contributed by atoms with Crippen LogP contribution in [0, 0.1) is 6.92 Å². The van der Waals surface area contributed by atoms with Crippen LogP contribution in [0.25, 0.3) is 0 Å². The zero-order valence-corrected chi connectivity index (χ0v) is 12.8. The van der Waals surface area contributed by atoms with Gasteiger partial charge >= 0.3 is 11.9 Å². The van der Waals surface area contributed by atoms with Crippen molar-refractivity contribution in [3.63, 3.8) is 0 Å². The molecule has 0 saturated carbocycles. The fourth-order valence-corrected chi connectivity index (χ4v) is 2.14. The van der Waals surface area contributed by atoms with Crippen molar-refractivity contribution in [2.75, 3.05) is 5.32 Å². The van der Waals surface area contributed by atoms with Crippen molar-refractivity contribution in [1.82, 2.24) is 0 Å². The van der Waals surface area contributed by atoms with Gasteiger partial charge in [-0.25, -0.2) is 9.59 Å². The van der Waals surface area contributed by atoms with Crippen LogP contribution in [0.3, 0.4) is 0 Å². The van der Waals surface area contributed by atoms with E-state index < -0.39 is 18.2 Å². The number of ether oxygens (including phenoxy) is 2. The minimum atomic E-state index is -1.26. The van der Waals surface area contributed by atoms with E-state index in [2.05, 4.69) is 5.32 Å². The van der Waals surface area contributed by atoms with E-state index in [4.69, 9.17) is 25.5 Å². The molecule has 7 heteroatoms. The highest BCUT2D eigenvalue weighted by Gasteiger charge is 2.37. The first-order valence-electron chi connectivity index (χ1n) is 6.73. The molecule has 2 heterocycles. The zero-order valence-electron chi connectivity index (χ0n) is 12.0. The van der Waals surface area contributed by atoms with Crippen molar-refractivity contribution < 1.29 is 23.5 Å². The molecule has 3 rings (SSSR count). The number of anilines is 1. The van der Waals surface area contributed by atoms with Crippen LogP contribution < -0.4 is 5.32 Å². The lowest BCUT2D eigenvalue weighted by Crippen LogP contribution is -2.23. The molecule has 2 aromatic rings.